The zero-order chi connectivity index (χ0) is 13.1. The third-order valence-corrected chi connectivity index (χ3v) is 3.99. The summed E-state index contributed by atoms with van der Waals surface area (Å²) < 4.78 is 11.6. The highest BCUT2D eigenvalue weighted by Crippen LogP contribution is 2.32. The summed E-state index contributed by atoms with van der Waals surface area (Å²) in [5.41, 5.74) is 6.55. The molecule has 0 amide bonds. The first-order valence-electron chi connectivity index (χ1n) is 6.18. The molecule has 3 nitrogen and oxygen atoms in total. The lowest BCUT2D eigenvalue weighted by Gasteiger charge is -2.26. The molecule has 0 radical (unpaired) electrons. The molecule has 0 aliphatic carbocycles. The van der Waals surface area contributed by atoms with E-state index in [1.165, 1.54) is 0 Å². The normalized spacial score (nSPS) is 17.2. The number of anilines is 1. The van der Waals surface area contributed by atoms with Crippen LogP contribution in [0.25, 0.3) is 0 Å². The Morgan fingerprint density at radius 1 is 1.11 bits per heavy atom. The van der Waals surface area contributed by atoms with Gasteiger partial charge in [0.25, 0.3) is 0 Å². The van der Waals surface area contributed by atoms with Crippen molar-refractivity contribution >= 4 is 17.4 Å². The van der Waals surface area contributed by atoms with Crippen molar-refractivity contribution in [3.8, 4) is 11.5 Å². The van der Waals surface area contributed by atoms with Crippen LogP contribution in [-0.2, 0) is 0 Å². The summed E-state index contributed by atoms with van der Waals surface area (Å²) in [4.78, 5) is 1.16. The number of nitrogen functional groups attached to an aromatic ring is 1. The van der Waals surface area contributed by atoms with E-state index in [9.17, 15) is 0 Å². The van der Waals surface area contributed by atoms with Gasteiger partial charge >= 0.3 is 0 Å². The molecule has 3 rings (SSSR count). The smallest absolute Gasteiger partial charge is 0.161 e. The van der Waals surface area contributed by atoms with Crippen molar-refractivity contribution in [2.24, 2.45) is 0 Å². The number of hydrogen-bond acceptors (Lipinski definition) is 4. The van der Waals surface area contributed by atoms with Crippen LogP contribution in [0.2, 0.25) is 0 Å². The molecule has 1 unspecified atom stereocenters. The Bertz CT molecular complexity index is 574. The topological polar surface area (TPSA) is 44.5 Å². The van der Waals surface area contributed by atoms with Crippen LogP contribution in [0.1, 0.15) is 0 Å². The molecule has 2 aromatic rings. The van der Waals surface area contributed by atoms with Gasteiger partial charge in [0.2, 0.25) is 0 Å². The highest BCUT2D eigenvalue weighted by Gasteiger charge is 2.20. The monoisotopic (exact) mass is 273 g/mol. The molecule has 0 spiro atoms. The molecule has 0 saturated carbocycles. The molecule has 1 heterocycles. The molecule has 0 saturated heterocycles. The molecule has 4 heteroatoms. The van der Waals surface area contributed by atoms with Gasteiger partial charge in [-0.15, -0.1) is 11.8 Å². The SMILES string of the molecule is Nc1cccc(SCC2COc3ccccc3O2)c1. The maximum Gasteiger partial charge on any atom is 0.161 e. The Morgan fingerprint density at radius 3 is 2.79 bits per heavy atom. The molecule has 0 fully saturated rings. The third-order valence-electron chi connectivity index (χ3n) is 2.86. The molecule has 1 aliphatic rings. The fourth-order valence-corrected chi connectivity index (χ4v) is 2.88. The highest BCUT2D eigenvalue weighted by molar-refractivity contribution is 7.99. The van der Waals surface area contributed by atoms with Gasteiger partial charge in [0, 0.05) is 16.3 Å². The van der Waals surface area contributed by atoms with E-state index in [1.807, 2.05) is 42.5 Å². The highest BCUT2D eigenvalue weighted by atomic mass is 32.2. The van der Waals surface area contributed by atoms with Crippen molar-refractivity contribution in [1.29, 1.82) is 0 Å². The molecule has 1 atom stereocenters. The standard InChI is InChI=1S/C15H15NO2S/c16-11-4-3-5-13(8-11)19-10-12-9-17-14-6-1-2-7-15(14)18-12/h1-8,12H,9-10,16H2. The van der Waals surface area contributed by atoms with E-state index in [-0.39, 0.29) is 6.10 Å². The first-order valence-corrected chi connectivity index (χ1v) is 7.16. The van der Waals surface area contributed by atoms with Gasteiger partial charge in [-0.1, -0.05) is 18.2 Å². The lowest BCUT2D eigenvalue weighted by atomic mass is 10.3. The quantitative estimate of drug-likeness (QED) is 0.689. The van der Waals surface area contributed by atoms with Gasteiger partial charge in [0.1, 0.15) is 12.7 Å². The van der Waals surface area contributed by atoms with Crippen LogP contribution in [0.4, 0.5) is 5.69 Å². The van der Waals surface area contributed by atoms with E-state index in [4.69, 9.17) is 15.2 Å². The number of thioether (sulfide) groups is 1. The molecule has 1 aliphatic heterocycles. The van der Waals surface area contributed by atoms with Gasteiger partial charge in [0.15, 0.2) is 11.5 Å². The van der Waals surface area contributed by atoms with Crippen LogP contribution in [0.3, 0.4) is 0 Å². The average Bonchev–Trinajstić information content (AvgIpc) is 2.45. The Hall–Kier alpha value is -1.81. The minimum absolute atomic E-state index is 0.0707. The second-order valence-corrected chi connectivity index (χ2v) is 5.47. The molecular weight excluding hydrogens is 258 g/mol. The van der Waals surface area contributed by atoms with Crippen molar-refractivity contribution in [3.63, 3.8) is 0 Å². The van der Waals surface area contributed by atoms with Crippen molar-refractivity contribution in [3.05, 3.63) is 48.5 Å². The predicted octanol–water partition coefficient (Wildman–Crippen LogP) is 3.20. The number of rotatable bonds is 3. The van der Waals surface area contributed by atoms with Gasteiger partial charge in [-0.2, -0.15) is 0 Å². The summed E-state index contributed by atoms with van der Waals surface area (Å²) in [5.74, 6) is 2.50. The summed E-state index contributed by atoms with van der Waals surface area (Å²) in [5, 5.41) is 0. The van der Waals surface area contributed by atoms with Crippen LogP contribution >= 0.6 is 11.8 Å². The zero-order valence-electron chi connectivity index (χ0n) is 10.4. The van der Waals surface area contributed by atoms with Crippen LogP contribution in [0, 0.1) is 0 Å². The first kappa shape index (κ1) is 12.2. The molecule has 2 N–H and O–H groups in total. The number of benzene rings is 2. The fourth-order valence-electron chi connectivity index (χ4n) is 1.94. The van der Waals surface area contributed by atoms with E-state index >= 15 is 0 Å². The van der Waals surface area contributed by atoms with Crippen molar-refractivity contribution < 1.29 is 9.47 Å². The van der Waals surface area contributed by atoms with Crippen LogP contribution in [0.15, 0.2) is 53.4 Å². The Balaban J connectivity index is 1.61. The van der Waals surface area contributed by atoms with Crippen molar-refractivity contribution in [2.45, 2.75) is 11.0 Å². The lowest BCUT2D eigenvalue weighted by Crippen LogP contribution is -2.31. The average molecular weight is 273 g/mol. The summed E-state index contributed by atoms with van der Waals surface area (Å²) in [6.07, 6.45) is 0.0707. The van der Waals surface area contributed by atoms with E-state index in [2.05, 4.69) is 6.07 Å². The second-order valence-electron chi connectivity index (χ2n) is 4.38. The minimum atomic E-state index is 0.0707. The largest absolute Gasteiger partial charge is 0.486 e. The summed E-state index contributed by atoms with van der Waals surface area (Å²) in [6, 6.07) is 15.6. The Morgan fingerprint density at radius 2 is 1.95 bits per heavy atom. The number of fused-ring (bicyclic) bond motifs is 1. The predicted molar refractivity (Wildman–Crippen MR) is 77.9 cm³/mol. The number of para-hydroxylation sites is 2. The summed E-state index contributed by atoms with van der Waals surface area (Å²) in [6.45, 7) is 0.590. The number of nitrogens with two attached hydrogens (primary N) is 1. The Kier molecular flexibility index (Phi) is 3.51. The first-order chi connectivity index (χ1) is 9.31. The van der Waals surface area contributed by atoms with Gasteiger partial charge in [-0.3, -0.25) is 0 Å². The van der Waals surface area contributed by atoms with Crippen LogP contribution in [0.5, 0.6) is 11.5 Å². The van der Waals surface area contributed by atoms with Crippen LogP contribution < -0.4 is 15.2 Å². The maximum absolute atomic E-state index is 5.91. The van der Waals surface area contributed by atoms with Crippen molar-refractivity contribution in [1.82, 2.24) is 0 Å². The maximum atomic E-state index is 5.91. The molecular formula is C15H15NO2S. The third kappa shape index (κ3) is 2.96. The molecule has 98 valence electrons. The van der Waals surface area contributed by atoms with Gasteiger partial charge in [-0.05, 0) is 30.3 Å². The number of hydrogen-bond donors (Lipinski definition) is 1. The molecule has 0 bridgehead atoms. The van der Waals surface area contributed by atoms with Gasteiger partial charge < -0.3 is 15.2 Å². The molecule has 2 aromatic carbocycles. The fraction of sp³-hybridized carbons (Fsp3) is 0.200. The van der Waals surface area contributed by atoms with E-state index in [0.717, 1.165) is 27.8 Å². The zero-order valence-corrected chi connectivity index (χ0v) is 11.2. The van der Waals surface area contributed by atoms with E-state index in [1.54, 1.807) is 11.8 Å². The van der Waals surface area contributed by atoms with Crippen LogP contribution in [-0.4, -0.2) is 18.5 Å². The van der Waals surface area contributed by atoms with E-state index < -0.39 is 0 Å². The molecule has 0 aromatic heterocycles. The molecule has 19 heavy (non-hydrogen) atoms. The van der Waals surface area contributed by atoms with Crippen molar-refractivity contribution in [2.75, 3.05) is 18.1 Å². The summed E-state index contributed by atoms with van der Waals surface area (Å²) in [7, 11) is 0. The van der Waals surface area contributed by atoms with Gasteiger partial charge in [0.05, 0.1) is 0 Å². The van der Waals surface area contributed by atoms with Gasteiger partial charge in [-0.25, -0.2) is 0 Å². The number of ether oxygens (including phenoxy) is 2. The summed E-state index contributed by atoms with van der Waals surface area (Å²) >= 11 is 1.73. The lowest BCUT2D eigenvalue weighted by molar-refractivity contribution is 0.107. The second kappa shape index (κ2) is 5.45. The van der Waals surface area contributed by atoms with E-state index in [0.29, 0.717) is 6.61 Å². The minimum Gasteiger partial charge on any atom is -0.486 e. The Labute approximate surface area is 116 Å².